The first-order chi connectivity index (χ1) is 11.3. The van der Waals surface area contributed by atoms with Crippen molar-refractivity contribution in [3.05, 3.63) is 48.2 Å². The first-order valence-electron chi connectivity index (χ1n) is 8.47. The van der Waals surface area contributed by atoms with Crippen LogP contribution < -0.4 is 5.32 Å². The van der Waals surface area contributed by atoms with E-state index in [1.807, 2.05) is 59.1 Å². The number of aromatic nitrogens is 1. The second-order valence-corrected chi connectivity index (χ2v) is 4.52. The van der Waals surface area contributed by atoms with Gasteiger partial charge in [-0.3, -0.25) is 0 Å². The molecule has 0 amide bonds. The summed E-state index contributed by atoms with van der Waals surface area (Å²) in [6.07, 6.45) is 2.86. The highest BCUT2D eigenvalue weighted by Crippen LogP contribution is 2.28. The number of benzene rings is 1. The Morgan fingerprint density at radius 1 is 1.00 bits per heavy atom. The summed E-state index contributed by atoms with van der Waals surface area (Å²) < 4.78 is 5.87. The Morgan fingerprint density at radius 2 is 1.74 bits per heavy atom. The van der Waals surface area contributed by atoms with E-state index in [1.54, 1.807) is 0 Å². The molecule has 0 unspecified atom stereocenters. The molecule has 0 radical (unpaired) electrons. The van der Waals surface area contributed by atoms with E-state index < -0.39 is 0 Å². The van der Waals surface area contributed by atoms with Gasteiger partial charge in [-0.05, 0) is 42.3 Å². The average Bonchev–Trinajstić information content (AvgIpc) is 3.08. The van der Waals surface area contributed by atoms with Gasteiger partial charge >= 0.3 is 0 Å². The lowest BCUT2D eigenvalue weighted by atomic mass is 10.1. The van der Waals surface area contributed by atoms with Gasteiger partial charge in [-0.1, -0.05) is 40.7 Å². The van der Waals surface area contributed by atoms with Crippen molar-refractivity contribution in [1.29, 1.82) is 0 Å². The molecule has 3 heteroatoms. The first kappa shape index (κ1) is 18.8. The summed E-state index contributed by atoms with van der Waals surface area (Å²) in [6.45, 7) is 10.2. The number of rotatable bonds is 3. The predicted molar refractivity (Wildman–Crippen MR) is 101 cm³/mol. The molecule has 3 nitrogen and oxygen atoms in total. The van der Waals surface area contributed by atoms with Crippen molar-refractivity contribution >= 4 is 16.8 Å². The number of fused-ring (bicyclic) bond motifs is 1. The summed E-state index contributed by atoms with van der Waals surface area (Å²) in [6, 6.07) is 12.4. The Labute approximate surface area is 139 Å². The van der Waals surface area contributed by atoms with Gasteiger partial charge in [0.2, 0.25) is 0 Å². The smallest absolute Gasteiger partial charge is 0.136 e. The zero-order chi connectivity index (χ0) is 17.2. The molecule has 1 aromatic carbocycles. The molecule has 0 fully saturated rings. The molecular weight excluding hydrogens is 284 g/mol. The molecular formula is C20H28N2O. The van der Waals surface area contributed by atoms with Crippen molar-refractivity contribution in [2.45, 2.75) is 41.0 Å². The normalized spacial score (nSPS) is 9.48. The Balaban J connectivity index is 0.000000615. The lowest BCUT2D eigenvalue weighted by Crippen LogP contribution is -1.90. The fourth-order valence-corrected chi connectivity index (χ4v) is 2.14. The molecule has 124 valence electrons. The SMILES string of the molecule is CC.CC.CCc1ccc2oc(-c3ccc(NC)nc3)cc2c1. The molecule has 0 saturated carbocycles. The number of nitrogens with zero attached hydrogens (tertiary/aromatic N) is 1. The summed E-state index contributed by atoms with van der Waals surface area (Å²) in [7, 11) is 1.86. The van der Waals surface area contributed by atoms with Gasteiger partial charge in [-0.2, -0.15) is 0 Å². The van der Waals surface area contributed by atoms with Crippen molar-refractivity contribution in [1.82, 2.24) is 4.98 Å². The minimum atomic E-state index is 0.855. The third kappa shape index (κ3) is 4.59. The molecule has 0 atom stereocenters. The molecule has 1 N–H and O–H groups in total. The van der Waals surface area contributed by atoms with E-state index in [2.05, 4.69) is 35.4 Å². The van der Waals surface area contributed by atoms with E-state index >= 15 is 0 Å². The van der Waals surface area contributed by atoms with Crippen molar-refractivity contribution in [3.8, 4) is 11.3 Å². The van der Waals surface area contributed by atoms with Crippen molar-refractivity contribution in [3.63, 3.8) is 0 Å². The van der Waals surface area contributed by atoms with Crippen LogP contribution in [-0.4, -0.2) is 12.0 Å². The molecule has 3 aromatic rings. The molecule has 2 aromatic heterocycles. The monoisotopic (exact) mass is 312 g/mol. The Morgan fingerprint density at radius 3 is 2.30 bits per heavy atom. The number of aryl methyl sites for hydroxylation is 1. The standard InChI is InChI=1S/C16H16N2O.2C2H6/c1-3-11-4-6-14-13(8-11)9-15(19-14)12-5-7-16(17-2)18-10-12;2*1-2/h4-10H,3H2,1-2H3,(H,17,18);2*1-2H3. The van der Waals surface area contributed by atoms with Crippen LogP contribution in [0.3, 0.4) is 0 Å². The van der Waals surface area contributed by atoms with E-state index in [9.17, 15) is 0 Å². The number of nitrogens with one attached hydrogen (secondary N) is 1. The molecule has 0 aliphatic heterocycles. The van der Waals surface area contributed by atoms with Gasteiger partial charge in [0.15, 0.2) is 0 Å². The third-order valence-corrected chi connectivity index (χ3v) is 3.29. The van der Waals surface area contributed by atoms with Crippen molar-refractivity contribution in [2.75, 3.05) is 12.4 Å². The summed E-state index contributed by atoms with van der Waals surface area (Å²) in [4.78, 5) is 4.31. The maximum absolute atomic E-state index is 5.87. The number of furan rings is 1. The third-order valence-electron chi connectivity index (χ3n) is 3.29. The van der Waals surface area contributed by atoms with Crippen LogP contribution in [0.1, 0.15) is 40.2 Å². The summed E-state index contributed by atoms with van der Waals surface area (Å²) >= 11 is 0. The fraction of sp³-hybridized carbons (Fsp3) is 0.350. The molecule has 0 saturated heterocycles. The van der Waals surface area contributed by atoms with Gasteiger partial charge in [-0.25, -0.2) is 4.98 Å². The summed E-state index contributed by atoms with van der Waals surface area (Å²) in [5.41, 5.74) is 3.24. The van der Waals surface area contributed by atoms with Crippen LogP contribution in [0.25, 0.3) is 22.3 Å². The van der Waals surface area contributed by atoms with Gasteiger partial charge < -0.3 is 9.73 Å². The molecule has 3 rings (SSSR count). The second-order valence-electron chi connectivity index (χ2n) is 4.52. The molecule has 0 aliphatic rings. The number of pyridine rings is 1. The van der Waals surface area contributed by atoms with E-state index in [0.717, 1.165) is 34.5 Å². The topological polar surface area (TPSA) is 38.1 Å². The number of hydrogen-bond acceptors (Lipinski definition) is 3. The Kier molecular flexibility index (Phi) is 7.89. The van der Waals surface area contributed by atoms with Crippen LogP contribution >= 0.6 is 0 Å². The first-order valence-corrected chi connectivity index (χ1v) is 8.47. The fourth-order valence-electron chi connectivity index (χ4n) is 2.14. The summed E-state index contributed by atoms with van der Waals surface area (Å²) in [5.74, 6) is 1.71. The number of anilines is 1. The van der Waals surface area contributed by atoms with Gasteiger partial charge in [0.25, 0.3) is 0 Å². The van der Waals surface area contributed by atoms with Crippen LogP contribution in [0.15, 0.2) is 47.0 Å². The van der Waals surface area contributed by atoms with E-state index in [0.29, 0.717) is 0 Å². The average molecular weight is 312 g/mol. The highest BCUT2D eigenvalue weighted by molar-refractivity contribution is 5.83. The molecule has 2 heterocycles. The zero-order valence-corrected chi connectivity index (χ0v) is 15.1. The summed E-state index contributed by atoms with van der Waals surface area (Å²) in [5, 5.41) is 4.15. The predicted octanol–water partition coefficient (Wildman–Crippen LogP) is 6.15. The highest BCUT2D eigenvalue weighted by Gasteiger charge is 2.07. The molecule has 0 aliphatic carbocycles. The largest absolute Gasteiger partial charge is 0.456 e. The van der Waals surface area contributed by atoms with Crippen LogP contribution in [0.4, 0.5) is 5.82 Å². The Bertz CT molecular complexity index is 699. The minimum absolute atomic E-state index is 0.855. The number of hydrogen-bond donors (Lipinski definition) is 1. The lowest BCUT2D eigenvalue weighted by Gasteiger charge is -1.99. The Hall–Kier alpha value is -2.29. The van der Waals surface area contributed by atoms with E-state index in [-0.39, 0.29) is 0 Å². The molecule has 23 heavy (non-hydrogen) atoms. The quantitative estimate of drug-likeness (QED) is 0.630. The lowest BCUT2D eigenvalue weighted by molar-refractivity contribution is 0.631. The van der Waals surface area contributed by atoms with Gasteiger partial charge in [0.05, 0.1) is 0 Å². The van der Waals surface area contributed by atoms with Crippen LogP contribution in [-0.2, 0) is 6.42 Å². The maximum Gasteiger partial charge on any atom is 0.136 e. The maximum atomic E-state index is 5.87. The van der Waals surface area contributed by atoms with Gasteiger partial charge in [0, 0.05) is 24.2 Å². The molecule has 0 spiro atoms. The van der Waals surface area contributed by atoms with Crippen molar-refractivity contribution < 1.29 is 4.42 Å². The second kappa shape index (κ2) is 9.67. The van der Waals surface area contributed by atoms with E-state index in [1.165, 1.54) is 5.56 Å². The van der Waals surface area contributed by atoms with Crippen LogP contribution in [0, 0.1) is 0 Å². The zero-order valence-electron chi connectivity index (χ0n) is 15.1. The minimum Gasteiger partial charge on any atom is -0.456 e. The van der Waals surface area contributed by atoms with Gasteiger partial charge in [-0.15, -0.1) is 0 Å². The van der Waals surface area contributed by atoms with E-state index in [4.69, 9.17) is 4.42 Å². The van der Waals surface area contributed by atoms with Crippen LogP contribution in [0.5, 0.6) is 0 Å². The highest BCUT2D eigenvalue weighted by atomic mass is 16.3. The van der Waals surface area contributed by atoms with Crippen molar-refractivity contribution in [2.24, 2.45) is 0 Å². The van der Waals surface area contributed by atoms with Gasteiger partial charge in [0.1, 0.15) is 17.2 Å². The van der Waals surface area contributed by atoms with Crippen LogP contribution in [0.2, 0.25) is 0 Å². The molecule has 0 bridgehead atoms.